The minimum absolute atomic E-state index is 0.00993. The van der Waals surface area contributed by atoms with Gasteiger partial charge in [0.1, 0.15) is 5.60 Å². The number of rotatable bonds is 5. The summed E-state index contributed by atoms with van der Waals surface area (Å²) < 4.78 is 5.97. The maximum atomic E-state index is 12.4. The van der Waals surface area contributed by atoms with Crippen molar-refractivity contribution in [3.63, 3.8) is 0 Å². The molecule has 4 aliphatic rings. The molecule has 7 unspecified atom stereocenters. The molecule has 0 aromatic carbocycles. The monoisotopic (exact) mass is 456 g/mol. The average Bonchev–Trinajstić information content (AvgIpc) is 2.98. The highest BCUT2D eigenvalue weighted by molar-refractivity contribution is 5.70. The second kappa shape index (κ2) is 8.54. The van der Waals surface area contributed by atoms with Gasteiger partial charge >= 0.3 is 5.97 Å². The van der Waals surface area contributed by atoms with Crippen LogP contribution in [0.1, 0.15) is 106 Å². The van der Waals surface area contributed by atoms with Gasteiger partial charge in [-0.3, -0.25) is 4.79 Å². The Morgan fingerprint density at radius 1 is 1.18 bits per heavy atom. The van der Waals surface area contributed by atoms with Gasteiger partial charge in [-0.05, 0) is 106 Å². The van der Waals surface area contributed by atoms with Gasteiger partial charge in [-0.25, -0.2) is 0 Å². The summed E-state index contributed by atoms with van der Waals surface area (Å²) in [5.74, 6) is 2.42. The van der Waals surface area contributed by atoms with Gasteiger partial charge in [0.05, 0.1) is 6.61 Å². The molecule has 1 heterocycles. The first kappa shape index (κ1) is 25.0. The lowest BCUT2D eigenvalue weighted by molar-refractivity contribution is -0.163. The lowest BCUT2D eigenvalue weighted by Crippen LogP contribution is -2.55. The Hall–Kier alpha value is -1.09. The van der Waals surface area contributed by atoms with Gasteiger partial charge in [0.25, 0.3) is 0 Å². The average molecular weight is 457 g/mol. The Morgan fingerprint density at radius 3 is 2.61 bits per heavy atom. The normalized spacial score (nSPS) is 43.5. The van der Waals surface area contributed by atoms with Crippen molar-refractivity contribution in [2.75, 3.05) is 6.61 Å². The summed E-state index contributed by atoms with van der Waals surface area (Å²) in [6.45, 7) is 16.6. The van der Waals surface area contributed by atoms with Crippen molar-refractivity contribution in [2.45, 2.75) is 112 Å². The summed E-state index contributed by atoms with van der Waals surface area (Å²) in [7, 11) is 0. The fourth-order valence-corrected chi connectivity index (χ4v) is 9.17. The Balaban J connectivity index is 1.61. The van der Waals surface area contributed by atoms with Crippen LogP contribution in [0.5, 0.6) is 0 Å². The van der Waals surface area contributed by atoms with Crippen LogP contribution in [0.2, 0.25) is 0 Å². The topological polar surface area (TPSA) is 46.5 Å². The SMILES string of the molecule is CC(=CCCC(C)C1CCC2(C)C3=CCC4C(C)(C)OC(=O)CCC4(C)C3CCC12C)CO. The van der Waals surface area contributed by atoms with Gasteiger partial charge < -0.3 is 9.84 Å². The molecule has 0 radical (unpaired) electrons. The van der Waals surface area contributed by atoms with Crippen molar-refractivity contribution in [3.8, 4) is 0 Å². The molecule has 0 spiro atoms. The van der Waals surface area contributed by atoms with Gasteiger partial charge in [0.2, 0.25) is 0 Å². The van der Waals surface area contributed by atoms with Crippen LogP contribution in [0, 0.1) is 39.9 Å². The van der Waals surface area contributed by atoms with Crippen LogP contribution < -0.4 is 0 Å². The number of allylic oxidation sites excluding steroid dienone is 3. The van der Waals surface area contributed by atoms with Gasteiger partial charge in [0, 0.05) is 12.3 Å². The van der Waals surface area contributed by atoms with E-state index < -0.39 is 0 Å². The summed E-state index contributed by atoms with van der Waals surface area (Å²) in [6, 6.07) is 0. The van der Waals surface area contributed by atoms with Crippen molar-refractivity contribution in [1.82, 2.24) is 0 Å². The molecule has 3 aliphatic carbocycles. The van der Waals surface area contributed by atoms with Crippen molar-refractivity contribution in [2.24, 2.45) is 39.9 Å². The zero-order chi connectivity index (χ0) is 24.2. The standard InChI is InChI=1S/C30H48O3/c1-20(19-31)9-8-10-21(2)22-13-17-30(7)24-11-12-25-27(3,4)33-26(32)15-16-28(25,5)23(24)14-18-29(22,30)6/h9,11,21-23,25,31H,8,10,12-19H2,1-7H3. The molecule has 0 amide bonds. The van der Waals surface area contributed by atoms with Crippen LogP contribution in [0.3, 0.4) is 0 Å². The number of carbonyl (C=O) groups is 1. The fraction of sp³-hybridized carbons (Fsp3) is 0.833. The van der Waals surface area contributed by atoms with Gasteiger partial charge in [-0.15, -0.1) is 0 Å². The molecular weight excluding hydrogens is 408 g/mol. The first-order valence-electron chi connectivity index (χ1n) is 13.6. The number of hydrogen-bond acceptors (Lipinski definition) is 3. The van der Waals surface area contributed by atoms with E-state index in [-0.39, 0.29) is 29.0 Å². The number of fused-ring (bicyclic) bond motifs is 5. The molecule has 0 bridgehead atoms. The number of aliphatic hydroxyl groups is 1. The Morgan fingerprint density at radius 2 is 1.91 bits per heavy atom. The van der Waals surface area contributed by atoms with Crippen molar-refractivity contribution < 1.29 is 14.6 Å². The van der Waals surface area contributed by atoms with Crippen LogP contribution in [0.25, 0.3) is 0 Å². The predicted octanol–water partition coefficient (Wildman–Crippen LogP) is 7.24. The van der Waals surface area contributed by atoms with E-state index in [1.807, 2.05) is 6.92 Å². The minimum Gasteiger partial charge on any atom is -0.459 e. The number of ether oxygens (including phenoxy) is 1. The highest BCUT2D eigenvalue weighted by Crippen LogP contribution is 2.72. The fourth-order valence-electron chi connectivity index (χ4n) is 9.17. The van der Waals surface area contributed by atoms with Gasteiger partial charge in [-0.1, -0.05) is 51.0 Å². The van der Waals surface area contributed by atoms with E-state index in [0.717, 1.165) is 30.8 Å². The van der Waals surface area contributed by atoms with Crippen LogP contribution in [-0.4, -0.2) is 23.3 Å². The Kier molecular flexibility index (Phi) is 6.47. The van der Waals surface area contributed by atoms with Crippen molar-refractivity contribution >= 4 is 5.97 Å². The Bertz CT molecular complexity index is 837. The molecule has 0 aromatic heterocycles. The van der Waals surface area contributed by atoms with Crippen LogP contribution in [0.15, 0.2) is 23.3 Å². The summed E-state index contributed by atoms with van der Waals surface area (Å²) >= 11 is 0. The number of carbonyl (C=O) groups excluding carboxylic acids is 1. The summed E-state index contributed by atoms with van der Waals surface area (Å²) in [4.78, 5) is 12.4. The van der Waals surface area contributed by atoms with E-state index in [4.69, 9.17) is 4.74 Å². The van der Waals surface area contributed by atoms with Crippen LogP contribution in [0.4, 0.5) is 0 Å². The highest BCUT2D eigenvalue weighted by Gasteiger charge is 2.64. The first-order chi connectivity index (χ1) is 15.4. The third-order valence-corrected chi connectivity index (χ3v) is 11.3. The number of esters is 1. The van der Waals surface area contributed by atoms with Gasteiger partial charge in [-0.2, -0.15) is 0 Å². The van der Waals surface area contributed by atoms with Crippen molar-refractivity contribution in [3.05, 3.63) is 23.3 Å². The predicted molar refractivity (Wildman–Crippen MR) is 135 cm³/mol. The molecule has 33 heavy (non-hydrogen) atoms. The molecule has 3 heteroatoms. The molecule has 186 valence electrons. The minimum atomic E-state index is -0.390. The first-order valence-corrected chi connectivity index (χ1v) is 13.6. The van der Waals surface area contributed by atoms with E-state index >= 15 is 0 Å². The van der Waals surface area contributed by atoms with E-state index in [2.05, 4.69) is 53.7 Å². The quantitative estimate of drug-likeness (QED) is 0.350. The summed E-state index contributed by atoms with van der Waals surface area (Å²) in [5.41, 5.74) is 3.18. The van der Waals surface area contributed by atoms with E-state index in [1.165, 1.54) is 32.1 Å². The smallest absolute Gasteiger partial charge is 0.306 e. The second-order valence-corrected chi connectivity index (χ2v) is 13.3. The molecule has 4 rings (SSSR count). The largest absolute Gasteiger partial charge is 0.459 e. The Labute approximate surface area is 202 Å². The van der Waals surface area contributed by atoms with Crippen LogP contribution >= 0.6 is 0 Å². The van der Waals surface area contributed by atoms with E-state index in [0.29, 0.717) is 29.6 Å². The number of aliphatic hydroxyl groups excluding tert-OH is 1. The molecule has 1 N–H and O–H groups in total. The lowest BCUT2D eigenvalue weighted by atomic mass is 9.44. The maximum Gasteiger partial charge on any atom is 0.306 e. The van der Waals surface area contributed by atoms with E-state index in [1.54, 1.807) is 5.57 Å². The zero-order valence-electron chi connectivity index (χ0n) is 22.3. The number of cyclic esters (lactones) is 1. The van der Waals surface area contributed by atoms with Crippen molar-refractivity contribution in [1.29, 1.82) is 0 Å². The molecule has 3 fully saturated rings. The number of hydrogen-bond donors (Lipinski definition) is 1. The lowest BCUT2D eigenvalue weighted by Gasteiger charge is -2.61. The highest BCUT2D eigenvalue weighted by atomic mass is 16.6. The third kappa shape index (κ3) is 3.85. The molecule has 2 saturated carbocycles. The second-order valence-electron chi connectivity index (χ2n) is 13.3. The molecule has 0 aromatic rings. The van der Waals surface area contributed by atoms with Gasteiger partial charge in [0.15, 0.2) is 0 Å². The van der Waals surface area contributed by atoms with E-state index in [9.17, 15) is 9.90 Å². The zero-order valence-corrected chi connectivity index (χ0v) is 22.3. The molecule has 1 saturated heterocycles. The molecule has 3 nitrogen and oxygen atoms in total. The maximum absolute atomic E-state index is 12.4. The summed E-state index contributed by atoms with van der Waals surface area (Å²) in [5, 5.41) is 9.32. The molecule has 1 aliphatic heterocycles. The molecule has 7 atom stereocenters. The van der Waals surface area contributed by atoms with Crippen LogP contribution in [-0.2, 0) is 9.53 Å². The third-order valence-electron chi connectivity index (χ3n) is 11.3. The summed E-state index contributed by atoms with van der Waals surface area (Å²) in [6.07, 6.45) is 14.9. The molecular formula is C30H48O3.